The highest BCUT2D eigenvalue weighted by Crippen LogP contribution is 2.25. The number of aromatic nitrogens is 5. The summed E-state index contributed by atoms with van der Waals surface area (Å²) in [7, 11) is 7.40. The van der Waals surface area contributed by atoms with Crippen molar-refractivity contribution in [3.63, 3.8) is 0 Å². The number of benzene rings is 2. The fraction of sp³-hybridized carbons (Fsp3) is 0.206. The third-order valence-electron chi connectivity index (χ3n) is 6.43. The standard InChI is InChI=1S/C16H16N4.C14H18N2O2.C3H5N3.CH4/c1-12(2)19(3)14-6-4-5-13(11-14)15-7-9-17-16-8-10-18-20(15)16;1-11(17)16(4)13-7-5-6-12(10-13)14(18)8-9-15(2)3;4-3-1-2-5-6-3;/h4-11H,1H2,2-3H3;5-10H,1-4H3;1-2H,(H3,4,5,6);1H4/b;9-8+;;. The number of hydrogen-bond acceptors (Lipinski definition) is 8. The molecule has 11 nitrogen and oxygen atoms in total. The van der Waals surface area contributed by atoms with Gasteiger partial charge in [0.25, 0.3) is 0 Å². The summed E-state index contributed by atoms with van der Waals surface area (Å²) in [6.45, 7) is 7.45. The average molecular weight is 610 g/mol. The van der Waals surface area contributed by atoms with Gasteiger partial charge in [-0.3, -0.25) is 14.7 Å². The first-order valence-corrected chi connectivity index (χ1v) is 13.7. The van der Waals surface area contributed by atoms with Gasteiger partial charge in [0.2, 0.25) is 5.91 Å². The number of aromatic amines is 1. The third-order valence-corrected chi connectivity index (χ3v) is 6.43. The highest BCUT2D eigenvalue weighted by molar-refractivity contribution is 6.05. The van der Waals surface area contributed by atoms with Crippen LogP contribution in [0.15, 0.2) is 110 Å². The van der Waals surface area contributed by atoms with Gasteiger partial charge < -0.3 is 20.4 Å². The molecule has 45 heavy (non-hydrogen) atoms. The highest BCUT2D eigenvalue weighted by atomic mass is 16.2. The first kappa shape index (κ1) is 35.5. The summed E-state index contributed by atoms with van der Waals surface area (Å²) in [6, 6.07) is 20.9. The Balaban J connectivity index is 0.000000261. The number of carbonyl (C=O) groups is 2. The Morgan fingerprint density at radius 2 is 1.58 bits per heavy atom. The summed E-state index contributed by atoms with van der Waals surface area (Å²) in [6.07, 6.45) is 8.38. The van der Waals surface area contributed by atoms with Gasteiger partial charge in [-0.15, -0.1) is 0 Å². The molecule has 236 valence electrons. The van der Waals surface area contributed by atoms with Gasteiger partial charge in [0.15, 0.2) is 11.4 Å². The van der Waals surface area contributed by atoms with Crippen molar-refractivity contribution in [2.24, 2.45) is 0 Å². The normalized spacial score (nSPS) is 10.1. The van der Waals surface area contributed by atoms with E-state index in [1.807, 2.05) is 57.0 Å². The number of allylic oxidation sites excluding steroid dienone is 2. The Kier molecular flexibility index (Phi) is 13.3. The molecule has 0 unspecified atom stereocenters. The van der Waals surface area contributed by atoms with Gasteiger partial charge in [-0.2, -0.15) is 10.2 Å². The molecule has 11 heteroatoms. The van der Waals surface area contributed by atoms with E-state index in [0.717, 1.165) is 28.3 Å². The summed E-state index contributed by atoms with van der Waals surface area (Å²) in [5.41, 5.74) is 11.5. The molecule has 5 aromatic rings. The molecule has 0 bridgehead atoms. The smallest absolute Gasteiger partial charge is 0.223 e. The van der Waals surface area contributed by atoms with E-state index in [4.69, 9.17) is 5.73 Å². The molecule has 0 aliphatic heterocycles. The molecule has 0 aliphatic rings. The van der Waals surface area contributed by atoms with Gasteiger partial charge in [0.05, 0.1) is 18.1 Å². The summed E-state index contributed by atoms with van der Waals surface area (Å²) >= 11 is 0. The lowest BCUT2D eigenvalue weighted by atomic mass is 10.1. The number of nitrogens with one attached hydrogen (secondary N) is 1. The van der Waals surface area contributed by atoms with Crippen LogP contribution >= 0.6 is 0 Å². The van der Waals surface area contributed by atoms with Crippen LogP contribution in [0, 0.1) is 0 Å². The van der Waals surface area contributed by atoms with Crippen molar-refractivity contribution in [1.82, 2.24) is 29.7 Å². The molecular weight excluding hydrogens is 566 g/mol. The van der Waals surface area contributed by atoms with Crippen LogP contribution in [0.5, 0.6) is 0 Å². The van der Waals surface area contributed by atoms with Crippen molar-refractivity contribution < 1.29 is 9.59 Å². The lowest BCUT2D eigenvalue weighted by Crippen LogP contribution is -2.22. The van der Waals surface area contributed by atoms with Gasteiger partial charge in [-0.25, -0.2) is 9.50 Å². The number of amides is 1. The zero-order chi connectivity index (χ0) is 32.2. The summed E-state index contributed by atoms with van der Waals surface area (Å²) in [5.74, 6) is 0.459. The number of fused-ring (bicyclic) bond motifs is 1. The number of nitrogen functional groups attached to an aromatic ring is 1. The lowest BCUT2D eigenvalue weighted by molar-refractivity contribution is -0.116. The van der Waals surface area contributed by atoms with E-state index < -0.39 is 0 Å². The molecule has 0 fully saturated rings. The summed E-state index contributed by atoms with van der Waals surface area (Å²) < 4.78 is 1.85. The molecule has 0 spiro atoms. The van der Waals surface area contributed by atoms with Crippen LogP contribution in [-0.4, -0.2) is 69.6 Å². The number of nitrogens with two attached hydrogens (primary N) is 1. The van der Waals surface area contributed by atoms with E-state index in [9.17, 15) is 9.59 Å². The SMILES string of the molecule is C.C=C(C)N(C)c1cccc(-c2ccnc3ccnn23)c1.CC(=O)N(C)c1cccc(C(=O)/C=C/N(C)C)c1.Nc1ccn[nH]1. The molecule has 3 aromatic heterocycles. The molecular formula is C34H43N9O2. The van der Waals surface area contributed by atoms with Crippen molar-refractivity contribution in [2.75, 3.05) is 43.7 Å². The van der Waals surface area contributed by atoms with Crippen LogP contribution in [0.3, 0.4) is 0 Å². The second-order valence-corrected chi connectivity index (χ2v) is 10.1. The van der Waals surface area contributed by atoms with Crippen molar-refractivity contribution in [3.05, 3.63) is 115 Å². The van der Waals surface area contributed by atoms with Crippen LogP contribution in [0.25, 0.3) is 16.9 Å². The minimum absolute atomic E-state index is 0. The van der Waals surface area contributed by atoms with Gasteiger partial charge in [-0.1, -0.05) is 38.3 Å². The topological polar surface area (TPSA) is 129 Å². The van der Waals surface area contributed by atoms with Gasteiger partial charge in [0, 0.05) is 87.9 Å². The summed E-state index contributed by atoms with van der Waals surface area (Å²) in [5, 5.41) is 10.4. The highest BCUT2D eigenvalue weighted by Gasteiger charge is 2.09. The van der Waals surface area contributed by atoms with Gasteiger partial charge in [-0.05, 0) is 43.3 Å². The minimum atomic E-state index is -0.0810. The van der Waals surface area contributed by atoms with Crippen molar-refractivity contribution >= 4 is 34.5 Å². The van der Waals surface area contributed by atoms with E-state index in [0.29, 0.717) is 17.1 Å². The fourth-order valence-corrected chi connectivity index (χ4v) is 3.78. The number of ketones is 1. The maximum atomic E-state index is 11.9. The number of H-pyrrole nitrogens is 1. The van der Waals surface area contributed by atoms with Gasteiger partial charge in [0.1, 0.15) is 5.82 Å². The molecule has 3 N–H and O–H groups in total. The Bertz CT molecular complexity index is 1720. The Hall–Kier alpha value is -5.71. The van der Waals surface area contributed by atoms with Crippen LogP contribution < -0.4 is 15.5 Å². The molecule has 0 atom stereocenters. The molecule has 0 saturated heterocycles. The molecule has 0 aliphatic carbocycles. The lowest BCUT2D eigenvalue weighted by Gasteiger charge is -2.19. The maximum Gasteiger partial charge on any atom is 0.223 e. The van der Waals surface area contributed by atoms with Crippen molar-refractivity contribution in [2.45, 2.75) is 21.3 Å². The van der Waals surface area contributed by atoms with Crippen molar-refractivity contribution in [3.8, 4) is 11.3 Å². The first-order valence-electron chi connectivity index (χ1n) is 13.7. The fourth-order valence-electron chi connectivity index (χ4n) is 3.78. The quantitative estimate of drug-likeness (QED) is 0.172. The first-order chi connectivity index (χ1) is 21.0. The third kappa shape index (κ3) is 10.2. The largest absolute Gasteiger partial charge is 0.384 e. The number of carbonyl (C=O) groups excluding carboxylic acids is 2. The van der Waals surface area contributed by atoms with Gasteiger partial charge >= 0.3 is 0 Å². The van der Waals surface area contributed by atoms with E-state index in [-0.39, 0.29) is 19.1 Å². The Morgan fingerprint density at radius 1 is 0.889 bits per heavy atom. The Labute approximate surface area is 265 Å². The predicted molar refractivity (Wildman–Crippen MR) is 184 cm³/mol. The second-order valence-electron chi connectivity index (χ2n) is 10.1. The van der Waals surface area contributed by atoms with Crippen LogP contribution in [0.2, 0.25) is 0 Å². The molecule has 3 heterocycles. The molecule has 5 rings (SSSR count). The number of anilines is 3. The predicted octanol–water partition coefficient (Wildman–Crippen LogP) is 5.92. The van der Waals surface area contributed by atoms with Crippen LogP contribution in [0.1, 0.15) is 31.6 Å². The second kappa shape index (κ2) is 16.8. The summed E-state index contributed by atoms with van der Waals surface area (Å²) in [4.78, 5) is 32.8. The van der Waals surface area contributed by atoms with E-state index >= 15 is 0 Å². The minimum Gasteiger partial charge on any atom is -0.384 e. The molecule has 2 aromatic carbocycles. The van der Waals surface area contributed by atoms with E-state index in [1.165, 1.54) is 17.9 Å². The van der Waals surface area contributed by atoms with E-state index in [2.05, 4.69) is 50.0 Å². The van der Waals surface area contributed by atoms with Crippen LogP contribution in [0.4, 0.5) is 17.2 Å². The number of rotatable bonds is 7. The maximum absolute atomic E-state index is 11.9. The zero-order valence-corrected chi connectivity index (χ0v) is 26.0. The molecule has 0 saturated carbocycles. The monoisotopic (exact) mass is 609 g/mol. The van der Waals surface area contributed by atoms with E-state index in [1.54, 1.807) is 60.9 Å². The average Bonchev–Trinajstić information content (AvgIpc) is 3.71. The number of nitrogens with zero attached hydrogens (tertiary/aromatic N) is 7. The zero-order valence-electron chi connectivity index (χ0n) is 26.0. The number of hydrogen-bond donors (Lipinski definition) is 2. The van der Waals surface area contributed by atoms with Crippen molar-refractivity contribution in [1.29, 1.82) is 0 Å². The Morgan fingerprint density at radius 3 is 2.16 bits per heavy atom. The molecule has 1 amide bonds. The van der Waals surface area contributed by atoms with Crippen LogP contribution in [-0.2, 0) is 4.79 Å². The molecule has 0 radical (unpaired) electrons.